The minimum absolute atomic E-state index is 0.731. The van der Waals surface area contributed by atoms with Gasteiger partial charge in [0.25, 0.3) is 0 Å². The molecule has 0 bridgehead atoms. The van der Waals surface area contributed by atoms with E-state index in [1.165, 1.54) is 12.8 Å². The lowest BCUT2D eigenvalue weighted by Gasteiger charge is -2.33. The third-order valence-electron chi connectivity index (χ3n) is 2.52. The molecule has 0 aromatic carbocycles. The standard InChI is InChI=1S/C9H15N3/c1-3-10-4-2-9(1)12-7-5-11-6-8-12/h5-7,9-10H,1-4,8H2. The molecule has 0 aromatic rings. The summed E-state index contributed by atoms with van der Waals surface area (Å²) in [7, 11) is 0. The molecule has 3 nitrogen and oxygen atoms in total. The number of nitrogens with one attached hydrogen (secondary N) is 1. The van der Waals surface area contributed by atoms with Crippen molar-refractivity contribution < 1.29 is 0 Å². The average molecular weight is 165 g/mol. The van der Waals surface area contributed by atoms with Crippen LogP contribution in [0.4, 0.5) is 0 Å². The van der Waals surface area contributed by atoms with Crippen LogP contribution in [0.25, 0.3) is 0 Å². The van der Waals surface area contributed by atoms with Gasteiger partial charge in [-0.25, -0.2) is 0 Å². The number of aliphatic imine (C=N–C) groups is 1. The van der Waals surface area contributed by atoms with Gasteiger partial charge in [-0.05, 0) is 25.9 Å². The first-order valence-electron chi connectivity index (χ1n) is 4.61. The molecular formula is C9H15N3. The molecule has 2 heterocycles. The second-order valence-corrected chi connectivity index (χ2v) is 3.31. The van der Waals surface area contributed by atoms with E-state index in [4.69, 9.17) is 0 Å². The quantitative estimate of drug-likeness (QED) is 0.616. The van der Waals surface area contributed by atoms with Gasteiger partial charge in [0.15, 0.2) is 0 Å². The zero-order valence-electron chi connectivity index (χ0n) is 7.24. The molecule has 0 unspecified atom stereocenters. The highest BCUT2D eigenvalue weighted by Crippen LogP contribution is 2.12. The summed E-state index contributed by atoms with van der Waals surface area (Å²) in [6, 6.07) is 0.731. The molecule has 0 spiro atoms. The number of nitrogens with zero attached hydrogens (tertiary/aromatic N) is 2. The minimum atomic E-state index is 0.731. The first kappa shape index (κ1) is 7.80. The average Bonchev–Trinajstić information content (AvgIpc) is 2.21. The predicted molar refractivity (Wildman–Crippen MR) is 50.2 cm³/mol. The lowest BCUT2D eigenvalue weighted by Crippen LogP contribution is -2.41. The second kappa shape index (κ2) is 3.72. The zero-order valence-corrected chi connectivity index (χ0v) is 7.24. The SMILES string of the molecule is C1=CN(C2CCNCC2)CC=N1. The highest BCUT2D eigenvalue weighted by molar-refractivity contribution is 5.61. The molecule has 0 aromatic heterocycles. The molecule has 0 amide bonds. The van der Waals surface area contributed by atoms with Gasteiger partial charge in [-0.3, -0.25) is 4.99 Å². The Morgan fingerprint density at radius 3 is 2.83 bits per heavy atom. The van der Waals surface area contributed by atoms with E-state index in [9.17, 15) is 0 Å². The predicted octanol–water partition coefficient (Wildman–Crippen LogP) is 0.596. The van der Waals surface area contributed by atoms with Crippen LogP contribution in [0.1, 0.15) is 12.8 Å². The van der Waals surface area contributed by atoms with Gasteiger partial charge in [-0.1, -0.05) is 0 Å². The van der Waals surface area contributed by atoms with E-state index < -0.39 is 0 Å². The van der Waals surface area contributed by atoms with Crippen LogP contribution >= 0.6 is 0 Å². The van der Waals surface area contributed by atoms with Crippen molar-refractivity contribution >= 4 is 6.21 Å². The van der Waals surface area contributed by atoms with E-state index in [2.05, 4.69) is 21.4 Å². The van der Waals surface area contributed by atoms with Crippen LogP contribution in [0, 0.1) is 0 Å². The fraction of sp³-hybridized carbons (Fsp3) is 0.667. The molecule has 1 saturated heterocycles. The van der Waals surface area contributed by atoms with Gasteiger partial charge in [0.05, 0.1) is 6.54 Å². The van der Waals surface area contributed by atoms with Crippen LogP contribution in [0.15, 0.2) is 17.4 Å². The number of piperidine rings is 1. The van der Waals surface area contributed by atoms with Crippen molar-refractivity contribution in [3.05, 3.63) is 12.4 Å². The maximum absolute atomic E-state index is 4.06. The van der Waals surface area contributed by atoms with Crippen molar-refractivity contribution in [3.63, 3.8) is 0 Å². The minimum Gasteiger partial charge on any atom is -0.368 e. The molecule has 0 aliphatic carbocycles. The van der Waals surface area contributed by atoms with E-state index >= 15 is 0 Å². The van der Waals surface area contributed by atoms with Crippen molar-refractivity contribution in [2.45, 2.75) is 18.9 Å². The molecule has 0 saturated carbocycles. The fourth-order valence-corrected chi connectivity index (χ4v) is 1.80. The van der Waals surface area contributed by atoms with Gasteiger partial charge in [0.2, 0.25) is 0 Å². The third kappa shape index (κ3) is 1.67. The summed E-state index contributed by atoms with van der Waals surface area (Å²) < 4.78 is 0. The van der Waals surface area contributed by atoms with E-state index in [0.29, 0.717) is 0 Å². The van der Waals surface area contributed by atoms with Gasteiger partial charge in [-0.15, -0.1) is 0 Å². The van der Waals surface area contributed by atoms with E-state index in [1.807, 2.05) is 12.4 Å². The van der Waals surface area contributed by atoms with Crippen molar-refractivity contribution in [2.75, 3.05) is 19.6 Å². The van der Waals surface area contributed by atoms with Gasteiger partial charge in [-0.2, -0.15) is 0 Å². The largest absolute Gasteiger partial charge is 0.368 e. The Bertz CT molecular complexity index is 192. The van der Waals surface area contributed by atoms with Gasteiger partial charge < -0.3 is 10.2 Å². The Labute approximate surface area is 73.2 Å². The van der Waals surface area contributed by atoms with Crippen molar-refractivity contribution in [3.8, 4) is 0 Å². The molecule has 0 radical (unpaired) electrons. The Balaban J connectivity index is 1.90. The molecule has 2 rings (SSSR count). The van der Waals surface area contributed by atoms with Gasteiger partial charge in [0.1, 0.15) is 0 Å². The Hall–Kier alpha value is -0.830. The lowest BCUT2D eigenvalue weighted by molar-refractivity contribution is 0.249. The zero-order chi connectivity index (χ0) is 8.23. The van der Waals surface area contributed by atoms with Gasteiger partial charge in [0, 0.05) is 24.7 Å². The van der Waals surface area contributed by atoms with Crippen molar-refractivity contribution in [1.29, 1.82) is 0 Å². The maximum Gasteiger partial charge on any atom is 0.0530 e. The molecule has 0 atom stereocenters. The molecule has 1 N–H and O–H groups in total. The van der Waals surface area contributed by atoms with Crippen LogP contribution in [0.3, 0.4) is 0 Å². The topological polar surface area (TPSA) is 27.6 Å². The highest BCUT2D eigenvalue weighted by atomic mass is 15.2. The van der Waals surface area contributed by atoms with Gasteiger partial charge >= 0.3 is 0 Å². The van der Waals surface area contributed by atoms with E-state index in [0.717, 1.165) is 25.7 Å². The number of hydrogen-bond donors (Lipinski definition) is 1. The second-order valence-electron chi connectivity index (χ2n) is 3.31. The summed E-state index contributed by atoms with van der Waals surface area (Å²) in [5, 5.41) is 3.37. The smallest absolute Gasteiger partial charge is 0.0530 e. The summed E-state index contributed by atoms with van der Waals surface area (Å²) in [6.07, 6.45) is 8.49. The van der Waals surface area contributed by atoms with Crippen LogP contribution in [-0.2, 0) is 0 Å². The molecule has 2 aliphatic heterocycles. The van der Waals surface area contributed by atoms with E-state index in [1.54, 1.807) is 0 Å². The summed E-state index contributed by atoms with van der Waals surface area (Å²) in [5.41, 5.74) is 0. The summed E-state index contributed by atoms with van der Waals surface area (Å²) >= 11 is 0. The Morgan fingerprint density at radius 1 is 1.33 bits per heavy atom. The number of rotatable bonds is 1. The Morgan fingerprint density at radius 2 is 2.17 bits per heavy atom. The molecular weight excluding hydrogens is 150 g/mol. The monoisotopic (exact) mass is 165 g/mol. The summed E-state index contributed by atoms with van der Waals surface area (Å²) in [6.45, 7) is 3.31. The molecule has 2 aliphatic rings. The lowest BCUT2D eigenvalue weighted by atomic mass is 10.1. The molecule has 1 fully saturated rings. The first-order valence-corrected chi connectivity index (χ1v) is 4.61. The molecule has 12 heavy (non-hydrogen) atoms. The summed E-state index contributed by atoms with van der Waals surface area (Å²) in [4.78, 5) is 6.44. The third-order valence-corrected chi connectivity index (χ3v) is 2.52. The van der Waals surface area contributed by atoms with Crippen LogP contribution < -0.4 is 5.32 Å². The maximum atomic E-state index is 4.06. The highest BCUT2D eigenvalue weighted by Gasteiger charge is 2.17. The van der Waals surface area contributed by atoms with Crippen LogP contribution in [-0.4, -0.2) is 36.8 Å². The fourth-order valence-electron chi connectivity index (χ4n) is 1.80. The first-order chi connectivity index (χ1) is 5.97. The van der Waals surface area contributed by atoms with Crippen LogP contribution in [0.2, 0.25) is 0 Å². The molecule has 3 heteroatoms. The van der Waals surface area contributed by atoms with Crippen molar-refractivity contribution in [2.24, 2.45) is 4.99 Å². The Kier molecular flexibility index (Phi) is 2.42. The molecule has 66 valence electrons. The van der Waals surface area contributed by atoms with Crippen molar-refractivity contribution in [1.82, 2.24) is 10.2 Å². The normalized spacial score (nSPS) is 24.8. The number of hydrogen-bond acceptors (Lipinski definition) is 3. The summed E-state index contributed by atoms with van der Waals surface area (Å²) in [5.74, 6) is 0. The van der Waals surface area contributed by atoms with E-state index in [-0.39, 0.29) is 0 Å². The van der Waals surface area contributed by atoms with Crippen LogP contribution in [0.5, 0.6) is 0 Å².